The predicted octanol–water partition coefficient (Wildman–Crippen LogP) is 1.11. The van der Waals surface area contributed by atoms with Crippen molar-refractivity contribution in [1.29, 1.82) is 0 Å². The summed E-state index contributed by atoms with van der Waals surface area (Å²) in [7, 11) is 0. The Bertz CT molecular complexity index is 711. The van der Waals surface area contributed by atoms with E-state index in [9.17, 15) is 18.4 Å². The first-order valence-electron chi connectivity index (χ1n) is 9.06. The lowest BCUT2D eigenvalue weighted by molar-refractivity contribution is -0.141. The highest BCUT2D eigenvalue weighted by Crippen LogP contribution is 2.41. The molecule has 2 bridgehead atoms. The Morgan fingerprint density at radius 1 is 1.23 bits per heavy atom. The van der Waals surface area contributed by atoms with E-state index in [4.69, 9.17) is 5.73 Å². The minimum atomic E-state index is -0.947. The lowest BCUT2D eigenvalue weighted by Crippen LogP contribution is -2.59. The number of hydrogen-bond acceptors (Lipinski definition) is 4. The van der Waals surface area contributed by atoms with Gasteiger partial charge in [0, 0.05) is 18.3 Å². The number of aromatic nitrogens is 1. The molecule has 2 amide bonds. The Morgan fingerprint density at radius 3 is 2.46 bits per heavy atom. The maximum atomic E-state index is 13.9. The van der Waals surface area contributed by atoms with Gasteiger partial charge in [-0.15, -0.1) is 0 Å². The molecule has 0 aromatic carbocycles. The van der Waals surface area contributed by atoms with Crippen molar-refractivity contribution >= 4 is 11.8 Å². The summed E-state index contributed by atoms with van der Waals surface area (Å²) in [4.78, 5) is 32.1. The van der Waals surface area contributed by atoms with Gasteiger partial charge >= 0.3 is 0 Å². The van der Waals surface area contributed by atoms with Gasteiger partial charge in [0.2, 0.25) is 5.91 Å². The summed E-state index contributed by atoms with van der Waals surface area (Å²) in [6.07, 6.45) is 4.40. The number of alkyl halides is 1. The normalized spacial score (nSPS) is 29.4. The van der Waals surface area contributed by atoms with Gasteiger partial charge in [0.05, 0.1) is 30.9 Å². The van der Waals surface area contributed by atoms with E-state index in [0.717, 1.165) is 19.0 Å². The zero-order valence-corrected chi connectivity index (χ0v) is 14.4. The molecule has 1 aromatic rings. The van der Waals surface area contributed by atoms with Gasteiger partial charge in [-0.05, 0) is 37.7 Å². The molecular weight excluding hydrogens is 342 g/mol. The van der Waals surface area contributed by atoms with E-state index >= 15 is 0 Å². The molecule has 3 aliphatic rings. The number of piperidine rings is 1. The highest BCUT2D eigenvalue weighted by molar-refractivity contribution is 5.95. The van der Waals surface area contributed by atoms with Crippen LogP contribution < -0.4 is 5.73 Å². The summed E-state index contributed by atoms with van der Waals surface area (Å²) in [5.74, 6) is -1.18. The molecule has 0 aliphatic carbocycles. The van der Waals surface area contributed by atoms with Crippen LogP contribution in [0.3, 0.4) is 0 Å². The van der Waals surface area contributed by atoms with Crippen molar-refractivity contribution in [3.8, 4) is 0 Å². The lowest BCUT2D eigenvalue weighted by Gasteiger charge is -2.43. The first kappa shape index (κ1) is 17.3. The molecule has 3 fully saturated rings. The standard InChI is InChI=1S/C18H22F2N4O2/c19-11-8-23(9-11)18(26)16(21)10-5-12-1-2-13(6-10)24(12)17(25)14-3-4-22-7-15(14)20/h3-4,7,10-13,16H,1-2,5-6,8-9,21H2/t10?,12?,13?,16-/m0/s1. The second-order valence-electron chi connectivity index (χ2n) is 7.55. The first-order valence-corrected chi connectivity index (χ1v) is 9.06. The summed E-state index contributed by atoms with van der Waals surface area (Å²) in [5.41, 5.74) is 6.20. The lowest BCUT2D eigenvalue weighted by atomic mass is 9.84. The minimum absolute atomic E-state index is 0.0327. The molecule has 8 heteroatoms. The number of pyridine rings is 1. The molecule has 1 aromatic heterocycles. The van der Waals surface area contributed by atoms with E-state index in [1.807, 2.05) is 0 Å². The van der Waals surface area contributed by atoms with Crippen molar-refractivity contribution in [1.82, 2.24) is 14.8 Å². The van der Waals surface area contributed by atoms with Crippen LogP contribution in [0, 0.1) is 11.7 Å². The number of amides is 2. The number of hydrogen-bond donors (Lipinski definition) is 1. The molecule has 0 spiro atoms. The van der Waals surface area contributed by atoms with Gasteiger partial charge in [0.15, 0.2) is 5.82 Å². The van der Waals surface area contributed by atoms with Crippen molar-refractivity contribution in [2.45, 2.75) is 50.0 Å². The molecule has 26 heavy (non-hydrogen) atoms. The Kier molecular flexibility index (Phi) is 4.38. The molecule has 3 atom stereocenters. The molecule has 2 N–H and O–H groups in total. The number of fused-ring (bicyclic) bond motifs is 2. The van der Waals surface area contributed by atoms with Crippen molar-refractivity contribution in [2.24, 2.45) is 11.7 Å². The van der Waals surface area contributed by atoms with Gasteiger partial charge in [-0.2, -0.15) is 0 Å². The second-order valence-corrected chi connectivity index (χ2v) is 7.55. The van der Waals surface area contributed by atoms with Crippen LogP contribution in [0.5, 0.6) is 0 Å². The summed E-state index contributed by atoms with van der Waals surface area (Å²) in [5, 5.41) is 0. The van der Waals surface area contributed by atoms with Crippen LogP contribution in [0.15, 0.2) is 18.5 Å². The Balaban J connectivity index is 1.45. The smallest absolute Gasteiger partial charge is 0.257 e. The molecule has 3 aliphatic heterocycles. The van der Waals surface area contributed by atoms with Crippen molar-refractivity contribution < 1.29 is 18.4 Å². The molecule has 3 saturated heterocycles. The summed E-state index contributed by atoms with van der Waals surface area (Å²) in [6.45, 7) is 0.246. The Hall–Kier alpha value is -2.09. The average molecular weight is 364 g/mol. The molecule has 140 valence electrons. The minimum Gasteiger partial charge on any atom is -0.335 e. The van der Waals surface area contributed by atoms with Crippen LogP contribution in [-0.2, 0) is 4.79 Å². The van der Waals surface area contributed by atoms with Gasteiger partial charge < -0.3 is 15.5 Å². The molecule has 4 heterocycles. The van der Waals surface area contributed by atoms with E-state index in [0.29, 0.717) is 12.8 Å². The van der Waals surface area contributed by atoms with Crippen molar-refractivity contribution in [2.75, 3.05) is 13.1 Å². The van der Waals surface area contributed by atoms with Gasteiger partial charge in [0.1, 0.15) is 6.17 Å². The third-order valence-corrected chi connectivity index (χ3v) is 5.95. The Morgan fingerprint density at radius 2 is 1.88 bits per heavy atom. The number of nitrogens with zero attached hydrogens (tertiary/aromatic N) is 3. The van der Waals surface area contributed by atoms with Crippen LogP contribution >= 0.6 is 0 Å². The monoisotopic (exact) mass is 364 g/mol. The number of carbonyl (C=O) groups is 2. The fraction of sp³-hybridized carbons (Fsp3) is 0.611. The van der Waals surface area contributed by atoms with Crippen LogP contribution in [0.2, 0.25) is 0 Å². The molecular formula is C18H22F2N4O2. The van der Waals surface area contributed by atoms with E-state index in [1.165, 1.54) is 17.2 Å². The van der Waals surface area contributed by atoms with Gasteiger partial charge in [-0.25, -0.2) is 8.78 Å². The Labute approximate surface area is 150 Å². The zero-order valence-electron chi connectivity index (χ0n) is 14.4. The largest absolute Gasteiger partial charge is 0.335 e. The maximum Gasteiger partial charge on any atom is 0.257 e. The van der Waals surface area contributed by atoms with Crippen molar-refractivity contribution in [3.05, 3.63) is 29.8 Å². The fourth-order valence-corrected chi connectivity index (χ4v) is 4.55. The zero-order chi connectivity index (χ0) is 18.4. The molecule has 2 unspecified atom stereocenters. The fourth-order valence-electron chi connectivity index (χ4n) is 4.55. The highest BCUT2D eigenvalue weighted by atomic mass is 19.1. The number of carbonyl (C=O) groups excluding carboxylic acids is 2. The topological polar surface area (TPSA) is 79.5 Å². The number of likely N-dealkylation sites (tertiary alicyclic amines) is 1. The second kappa shape index (κ2) is 6.57. The summed E-state index contributed by atoms with van der Waals surface area (Å²) >= 11 is 0. The number of halogens is 2. The van der Waals surface area contributed by atoms with Gasteiger partial charge in [-0.1, -0.05) is 0 Å². The van der Waals surface area contributed by atoms with Gasteiger partial charge in [-0.3, -0.25) is 14.6 Å². The van der Waals surface area contributed by atoms with E-state index in [1.54, 1.807) is 4.90 Å². The highest BCUT2D eigenvalue weighted by Gasteiger charge is 2.47. The van der Waals surface area contributed by atoms with Crippen LogP contribution in [0.4, 0.5) is 8.78 Å². The van der Waals surface area contributed by atoms with Crippen molar-refractivity contribution in [3.63, 3.8) is 0 Å². The quantitative estimate of drug-likeness (QED) is 0.871. The van der Waals surface area contributed by atoms with Gasteiger partial charge in [0.25, 0.3) is 5.91 Å². The van der Waals surface area contributed by atoms with Crippen LogP contribution in [0.1, 0.15) is 36.0 Å². The van der Waals surface area contributed by atoms with E-state index < -0.39 is 18.0 Å². The van der Waals surface area contributed by atoms with Crippen LogP contribution in [-0.4, -0.2) is 64.0 Å². The number of nitrogens with two attached hydrogens (primary N) is 1. The summed E-state index contributed by atoms with van der Waals surface area (Å²) in [6, 6.07) is 0.655. The molecule has 0 saturated carbocycles. The third-order valence-electron chi connectivity index (χ3n) is 5.95. The molecule has 4 rings (SSSR count). The summed E-state index contributed by atoms with van der Waals surface area (Å²) < 4.78 is 26.9. The third kappa shape index (κ3) is 2.86. The first-order chi connectivity index (χ1) is 12.5. The van der Waals surface area contributed by atoms with E-state index in [2.05, 4.69) is 4.98 Å². The molecule has 6 nitrogen and oxygen atoms in total. The maximum absolute atomic E-state index is 13.9. The predicted molar refractivity (Wildman–Crippen MR) is 89.3 cm³/mol. The SMILES string of the molecule is N[C@H](C(=O)N1CC(F)C1)C1CC2CCC(C1)N2C(=O)c1ccncc1F. The molecule has 0 radical (unpaired) electrons. The van der Waals surface area contributed by atoms with Crippen LogP contribution in [0.25, 0.3) is 0 Å². The average Bonchev–Trinajstić information content (AvgIpc) is 2.87. The van der Waals surface area contributed by atoms with E-state index in [-0.39, 0.29) is 48.5 Å². The number of rotatable bonds is 3.